The Balaban J connectivity index is 0.945. The van der Waals surface area contributed by atoms with E-state index in [1.165, 1.54) is 173 Å². The van der Waals surface area contributed by atoms with Gasteiger partial charge in [0, 0.05) is 31.8 Å². The second kappa shape index (κ2) is 28.3. The lowest BCUT2D eigenvalue weighted by molar-refractivity contribution is -0.151. The zero-order valence-corrected chi connectivity index (χ0v) is 40.6. The fourth-order valence-electron chi connectivity index (χ4n) is 13.2. The summed E-state index contributed by atoms with van der Waals surface area (Å²) in [5, 5.41) is 0. The number of ether oxygens (including phenoxy) is 2. The van der Waals surface area contributed by atoms with E-state index in [2.05, 4.69) is 50.8 Å². The molecular formula is C56H97NO4. The smallest absolute Gasteiger partial charge is 0.306 e. The largest absolute Gasteiger partial charge is 0.462 e. The highest BCUT2D eigenvalue weighted by Crippen LogP contribution is 2.63. The van der Waals surface area contributed by atoms with Crippen molar-refractivity contribution in [2.24, 2.45) is 40.9 Å². The van der Waals surface area contributed by atoms with Gasteiger partial charge in [0.05, 0.1) is 12.7 Å². The van der Waals surface area contributed by atoms with Gasteiger partial charge in [-0.3, -0.25) is 9.59 Å². The fraction of sp³-hybridized carbons (Fsp3) is 0.893. The van der Waals surface area contributed by atoms with Crippen LogP contribution in [-0.2, 0) is 19.1 Å². The number of hydrogen-bond donors (Lipinski definition) is 0. The molecule has 1 aliphatic heterocycles. The second-order valence-corrected chi connectivity index (χ2v) is 21.4. The van der Waals surface area contributed by atoms with E-state index >= 15 is 0 Å². The fourth-order valence-corrected chi connectivity index (χ4v) is 13.2. The standard InChI is InChI=1S/C56H97NO4/c1-5-7-9-11-13-15-17-18-19-20-21-22-24-26-28-30-32-54(58)61-47-39-40-56(4)46(43-47)33-34-52-51-36-35-49(50(51)37-38-53(52)56)45(3)55(59)57-41-42-60-48(44-57)31-29-27-25-23-16-14-12-10-8-6-2/h18-19,33,45,47-53H,5-17,20-32,34-44H2,1-4H3/b19-18-/t45?,47-,48?,49+,50?,51+,52-,53-,56-/m0/s1. The number of amides is 1. The van der Waals surface area contributed by atoms with Gasteiger partial charge >= 0.3 is 5.97 Å². The highest BCUT2D eigenvalue weighted by molar-refractivity contribution is 5.79. The molecule has 5 heteroatoms. The average Bonchev–Trinajstić information content (AvgIpc) is 3.71. The third-order valence-electron chi connectivity index (χ3n) is 17.0. The van der Waals surface area contributed by atoms with Crippen molar-refractivity contribution >= 4 is 11.9 Å². The molecule has 5 aliphatic rings. The molecule has 5 nitrogen and oxygen atoms in total. The van der Waals surface area contributed by atoms with Crippen LogP contribution in [0.4, 0.5) is 0 Å². The molecule has 9 atom stereocenters. The van der Waals surface area contributed by atoms with Gasteiger partial charge in [0.2, 0.25) is 5.91 Å². The Labute approximate surface area is 377 Å². The lowest BCUT2D eigenvalue weighted by Gasteiger charge is -2.55. The van der Waals surface area contributed by atoms with Crippen molar-refractivity contribution in [2.75, 3.05) is 19.7 Å². The van der Waals surface area contributed by atoms with Gasteiger partial charge < -0.3 is 14.4 Å². The van der Waals surface area contributed by atoms with Crippen LogP contribution in [0.3, 0.4) is 0 Å². The summed E-state index contributed by atoms with van der Waals surface area (Å²) < 4.78 is 12.4. The maximum absolute atomic E-state index is 14.1. The van der Waals surface area contributed by atoms with Crippen LogP contribution in [-0.4, -0.2) is 48.7 Å². The van der Waals surface area contributed by atoms with Crippen molar-refractivity contribution < 1.29 is 19.1 Å². The Morgan fingerprint density at radius 3 is 1.98 bits per heavy atom. The minimum absolute atomic E-state index is 0.0289. The molecule has 1 amide bonds. The molecule has 0 aromatic heterocycles. The molecule has 0 spiro atoms. The van der Waals surface area contributed by atoms with Crippen LogP contribution >= 0.6 is 0 Å². The van der Waals surface area contributed by atoms with Gasteiger partial charge in [-0.2, -0.15) is 0 Å². The summed E-state index contributed by atoms with van der Waals surface area (Å²) in [6, 6.07) is 0. The summed E-state index contributed by atoms with van der Waals surface area (Å²) in [7, 11) is 0. The molecule has 0 N–H and O–H groups in total. The molecule has 1 heterocycles. The Kier molecular flexibility index (Phi) is 23.4. The summed E-state index contributed by atoms with van der Waals surface area (Å²) in [5.74, 6) is 4.03. The number of carbonyl (C=O) groups is 2. The van der Waals surface area contributed by atoms with Crippen LogP contribution in [0.1, 0.15) is 246 Å². The van der Waals surface area contributed by atoms with E-state index in [-0.39, 0.29) is 29.5 Å². The molecule has 0 bridgehead atoms. The summed E-state index contributed by atoms with van der Waals surface area (Å²) in [6.45, 7) is 11.7. The number of nitrogens with zero attached hydrogens (tertiary/aromatic N) is 1. The molecule has 4 aliphatic carbocycles. The maximum atomic E-state index is 14.1. The van der Waals surface area contributed by atoms with E-state index in [1.54, 1.807) is 5.57 Å². The molecule has 5 rings (SSSR count). The number of carbonyl (C=O) groups excluding carboxylic acids is 2. The molecule has 0 radical (unpaired) electrons. The number of unbranched alkanes of at least 4 members (excludes halogenated alkanes) is 21. The Hall–Kier alpha value is -1.62. The average molecular weight is 848 g/mol. The number of allylic oxidation sites excluding steroid dienone is 3. The molecule has 0 aromatic rings. The highest BCUT2D eigenvalue weighted by Gasteiger charge is 2.55. The SMILES string of the molecule is CCCCCCCC/C=C\CCCCCCCCC(=O)O[C@H]1CC[C@@]2(C)C(=CC[C@H]3[C@@H]4CC[C@H](C(C)C(=O)N5CCOC(CCCCCCCCCCCC)C5)C4CC[C@@H]32)C1. The van der Waals surface area contributed by atoms with E-state index < -0.39 is 0 Å². The van der Waals surface area contributed by atoms with Gasteiger partial charge in [-0.1, -0.05) is 173 Å². The molecule has 3 unspecified atom stereocenters. The number of fused-ring (bicyclic) bond motifs is 5. The summed E-state index contributed by atoms with van der Waals surface area (Å²) in [5.41, 5.74) is 1.84. The van der Waals surface area contributed by atoms with Gasteiger partial charge in [-0.15, -0.1) is 0 Å². The van der Waals surface area contributed by atoms with E-state index in [4.69, 9.17) is 9.47 Å². The van der Waals surface area contributed by atoms with Crippen LogP contribution < -0.4 is 0 Å². The second-order valence-electron chi connectivity index (χ2n) is 21.4. The van der Waals surface area contributed by atoms with E-state index in [0.29, 0.717) is 30.8 Å². The Bertz CT molecular complexity index is 1290. The van der Waals surface area contributed by atoms with Gasteiger partial charge in [0.1, 0.15) is 6.10 Å². The van der Waals surface area contributed by atoms with Crippen molar-refractivity contribution in [3.8, 4) is 0 Å². The van der Waals surface area contributed by atoms with Crippen molar-refractivity contribution in [3.63, 3.8) is 0 Å². The summed E-state index contributed by atoms with van der Waals surface area (Å²) >= 11 is 0. The number of rotatable bonds is 30. The molecule has 1 saturated heterocycles. The molecule has 0 aromatic carbocycles. The van der Waals surface area contributed by atoms with Crippen LogP contribution in [0.25, 0.3) is 0 Å². The van der Waals surface area contributed by atoms with E-state index in [1.807, 2.05) is 0 Å². The molecule has 4 fully saturated rings. The zero-order valence-electron chi connectivity index (χ0n) is 40.6. The van der Waals surface area contributed by atoms with Crippen LogP contribution in [0.2, 0.25) is 0 Å². The molecular weight excluding hydrogens is 751 g/mol. The minimum Gasteiger partial charge on any atom is -0.462 e. The van der Waals surface area contributed by atoms with E-state index in [9.17, 15) is 9.59 Å². The van der Waals surface area contributed by atoms with Crippen LogP contribution in [0.5, 0.6) is 0 Å². The number of morpholine rings is 1. The van der Waals surface area contributed by atoms with Crippen molar-refractivity contribution in [2.45, 2.75) is 258 Å². The molecule has 3 saturated carbocycles. The van der Waals surface area contributed by atoms with Crippen molar-refractivity contribution in [3.05, 3.63) is 23.8 Å². The Morgan fingerprint density at radius 1 is 0.738 bits per heavy atom. The zero-order chi connectivity index (χ0) is 43.1. The first-order valence-corrected chi connectivity index (χ1v) is 27.3. The maximum Gasteiger partial charge on any atom is 0.306 e. The van der Waals surface area contributed by atoms with Crippen LogP contribution in [0, 0.1) is 40.9 Å². The summed E-state index contributed by atoms with van der Waals surface area (Å²) in [6.07, 6.45) is 50.3. The molecule has 350 valence electrons. The van der Waals surface area contributed by atoms with E-state index in [0.717, 1.165) is 69.4 Å². The lowest BCUT2D eigenvalue weighted by atomic mass is 9.50. The van der Waals surface area contributed by atoms with Gasteiger partial charge in [0.15, 0.2) is 0 Å². The molecule has 61 heavy (non-hydrogen) atoms. The third kappa shape index (κ3) is 16.1. The van der Waals surface area contributed by atoms with Crippen LogP contribution in [0.15, 0.2) is 23.8 Å². The van der Waals surface area contributed by atoms with Gasteiger partial charge in [-0.25, -0.2) is 0 Å². The lowest BCUT2D eigenvalue weighted by Crippen LogP contribution is -2.50. The van der Waals surface area contributed by atoms with Gasteiger partial charge in [0.25, 0.3) is 0 Å². The normalized spacial score (nSPS) is 29.2. The first-order chi connectivity index (χ1) is 29.9. The topological polar surface area (TPSA) is 55.8 Å². The first kappa shape index (κ1) is 50.4. The number of hydrogen-bond acceptors (Lipinski definition) is 4. The number of esters is 1. The predicted octanol–water partition coefficient (Wildman–Crippen LogP) is 15.7. The highest BCUT2D eigenvalue weighted by atomic mass is 16.5. The minimum atomic E-state index is 0.0289. The Morgan fingerprint density at radius 2 is 1.33 bits per heavy atom. The van der Waals surface area contributed by atoms with Crippen molar-refractivity contribution in [1.82, 2.24) is 4.90 Å². The first-order valence-electron chi connectivity index (χ1n) is 27.3. The van der Waals surface area contributed by atoms with Gasteiger partial charge in [-0.05, 0) is 118 Å². The quantitative estimate of drug-likeness (QED) is 0.0410. The monoisotopic (exact) mass is 848 g/mol. The predicted molar refractivity (Wildman–Crippen MR) is 256 cm³/mol. The van der Waals surface area contributed by atoms with Crippen molar-refractivity contribution in [1.29, 1.82) is 0 Å². The summed E-state index contributed by atoms with van der Waals surface area (Å²) in [4.78, 5) is 29.2. The third-order valence-corrected chi connectivity index (χ3v) is 17.0.